The van der Waals surface area contributed by atoms with Crippen molar-refractivity contribution >= 4 is 22.5 Å². The maximum absolute atomic E-state index is 12.3. The van der Waals surface area contributed by atoms with E-state index < -0.39 is 0 Å². The lowest BCUT2D eigenvalue weighted by Crippen LogP contribution is -2.15. The van der Waals surface area contributed by atoms with Crippen LogP contribution in [0, 0.1) is 6.92 Å². The molecule has 2 aromatic heterocycles. The van der Waals surface area contributed by atoms with Gasteiger partial charge in [-0.15, -0.1) is 10.2 Å². The summed E-state index contributed by atoms with van der Waals surface area (Å²) in [5, 5.41) is 11.9. The third-order valence-electron chi connectivity index (χ3n) is 4.34. The third-order valence-corrected chi connectivity index (χ3v) is 4.34. The van der Waals surface area contributed by atoms with Gasteiger partial charge in [-0.1, -0.05) is 6.07 Å². The van der Waals surface area contributed by atoms with Gasteiger partial charge in [0.05, 0.1) is 12.6 Å². The number of ether oxygens (including phenoxy) is 1. The van der Waals surface area contributed by atoms with Gasteiger partial charge in [0.15, 0.2) is 0 Å². The van der Waals surface area contributed by atoms with Gasteiger partial charge in [-0.05, 0) is 55.0 Å². The Balaban J connectivity index is 1.47. The molecule has 0 saturated carbocycles. The minimum absolute atomic E-state index is 0.00634. The molecule has 0 atom stereocenters. The van der Waals surface area contributed by atoms with E-state index >= 15 is 0 Å². The highest BCUT2D eigenvalue weighted by atomic mass is 16.5. The fourth-order valence-electron chi connectivity index (χ4n) is 2.89. The van der Waals surface area contributed by atoms with Gasteiger partial charge in [0, 0.05) is 22.8 Å². The zero-order valence-corrected chi connectivity index (χ0v) is 15.5. The number of carbonyl (C=O) groups is 1. The summed E-state index contributed by atoms with van der Waals surface area (Å²) in [5.74, 6) is 1.13. The molecule has 0 radical (unpaired) electrons. The van der Waals surface area contributed by atoms with E-state index in [1.54, 1.807) is 25.4 Å². The van der Waals surface area contributed by atoms with Crippen LogP contribution in [-0.2, 0) is 11.2 Å². The maximum atomic E-state index is 12.3. The minimum Gasteiger partial charge on any atom is -0.497 e. The number of methoxy groups -OCH3 is 1. The first-order valence-electron chi connectivity index (χ1n) is 8.74. The second kappa shape index (κ2) is 7.48. The van der Waals surface area contributed by atoms with Crippen LogP contribution in [0.2, 0.25) is 0 Å². The molecule has 4 rings (SSSR count). The van der Waals surface area contributed by atoms with Gasteiger partial charge in [0.25, 0.3) is 0 Å². The van der Waals surface area contributed by atoms with E-state index in [9.17, 15) is 4.79 Å². The highest BCUT2D eigenvalue weighted by Crippen LogP contribution is 2.23. The number of rotatable bonds is 5. The normalized spacial score (nSPS) is 10.8. The molecule has 0 fully saturated rings. The molecule has 4 aromatic rings. The molecule has 140 valence electrons. The standard InChI is InChI=1S/C21H18N4O3/c1-13-10-16(27-2)6-8-17(13)23-19(26)12-20-24-25-21(28-20)15-5-7-18-14(11-15)4-3-9-22-18/h3-11H,12H2,1-2H3,(H,23,26). The summed E-state index contributed by atoms with van der Waals surface area (Å²) in [6.45, 7) is 1.90. The van der Waals surface area contributed by atoms with Crippen molar-refractivity contribution in [1.82, 2.24) is 15.2 Å². The number of hydrogen-bond donors (Lipinski definition) is 1. The number of benzene rings is 2. The van der Waals surface area contributed by atoms with Gasteiger partial charge in [0.2, 0.25) is 17.7 Å². The lowest BCUT2D eigenvalue weighted by Gasteiger charge is -2.09. The first kappa shape index (κ1) is 17.7. The number of aromatic nitrogens is 3. The van der Waals surface area contributed by atoms with Crippen LogP contribution in [0.5, 0.6) is 5.75 Å². The van der Waals surface area contributed by atoms with Crippen LogP contribution in [-0.4, -0.2) is 28.2 Å². The number of anilines is 1. The van der Waals surface area contributed by atoms with E-state index in [2.05, 4.69) is 20.5 Å². The Bertz CT molecular complexity index is 1150. The summed E-state index contributed by atoms with van der Waals surface area (Å²) in [7, 11) is 1.60. The second-order valence-electron chi connectivity index (χ2n) is 6.32. The van der Waals surface area contributed by atoms with E-state index in [1.165, 1.54) is 0 Å². The number of amides is 1. The largest absolute Gasteiger partial charge is 0.497 e. The average molecular weight is 374 g/mol. The number of hydrogen-bond acceptors (Lipinski definition) is 6. The van der Waals surface area contributed by atoms with E-state index in [1.807, 2.05) is 43.3 Å². The van der Waals surface area contributed by atoms with Gasteiger partial charge in [-0.25, -0.2) is 0 Å². The summed E-state index contributed by atoms with van der Waals surface area (Å²) < 4.78 is 10.8. The van der Waals surface area contributed by atoms with Crippen LogP contribution in [0.1, 0.15) is 11.5 Å². The van der Waals surface area contributed by atoms with Crippen LogP contribution in [0.3, 0.4) is 0 Å². The van der Waals surface area contributed by atoms with Gasteiger partial charge >= 0.3 is 0 Å². The summed E-state index contributed by atoms with van der Waals surface area (Å²) in [5.41, 5.74) is 3.29. The van der Waals surface area contributed by atoms with Crippen molar-refractivity contribution in [2.45, 2.75) is 13.3 Å². The Morgan fingerprint density at radius 2 is 2.04 bits per heavy atom. The molecule has 28 heavy (non-hydrogen) atoms. The molecule has 0 aliphatic rings. The lowest BCUT2D eigenvalue weighted by atomic mass is 10.1. The van der Waals surface area contributed by atoms with Crippen molar-refractivity contribution < 1.29 is 13.9 Å². The number of carbonyl (C=O) groups excluding carboxylic acids is 1. The molecule has 0 aliphatic heterocycles. The van der Waals surface area contributed by atoms with Gasteiger partial charge in [-0.3, -0.25) is 9.78 Å². The molecule has 0 unspecified atom stereocenters. The van der Waals surface area contributed by atoms with E-state index in [0.29, 0.717) is 11.6 Å². The number of aryl methyl sites for hydroxylation is 1. The predicted molar refractivity (Wildman–Crippen MR) is 105 cm³/mol. The zero-order chi connectivity index (χ0) is 19.5. The Labute approximate surface area is 161 Å². The van der Waals surface area contributed by atoms with Crippen LogP contribution in [0.4, 0.5) is 5.69 Å². The fourth-order valence-corrected chi connectivity index (χ4v) is 2.89. The Morgan fingerprint density at radius 3 is 2.86 bits per heavy atom. The van der Waals surface area contributed by atoms with E-state index in [0.717, 1.165) is 27.8 Å². The molecular weight excluding hydrogens is 356 g/mol. The monoisotopic (exact) mass is 374 g/mol. The molecule has 0 saturated heterocycles. The summed E-state index contributed by atoms with van der Waals surface area (Å²) >= 11 is 0. The van der Waals surface area contributed by atoms with Crippen molar-refractivity contribution in [3.05, 3.63) is 66.2 Å². The van der Waals surface area contributed by atoms with Crippen molar-refractivity contribution in [2.24, 2.45) is 0 Å². The molecule has 7 heteroatoms. The van der Waals surface area contributed by atoms with Crippen molar-refractivity contribution in [3.63, 3.8) is 0 Å². The highest BCUT2D eigenvalue weighted by molar-refractivity contribution is 5.92. The SMILES string of the molecule is COc1ccc(NC(=O)Cc2nnc(-c3ccc4ncccc4c3)o2)c(C)c1. The topological polar surface area (TPSA) is 90.1 Å². The first-order chi connectivity index (χ1) is 13.6. The molecule has 7 nitrogen and oxygen atoms in total. The van der Waals surface area contributed by atoms with Gasteiger partial charge in [-0.2, -0.15) is 0 Å². The Hall–Kier alpha value is -3.74. The molecule has 0 bridgehead atoms. The number of pyridine rings is 1. The second-order valence-corrected chi connectivity index (χ2v) is 6.32. The van der Waals surface area contributed by atoms with Crippen molar-refractivity contribution in [1.29, 1.82) is 0 Å². The highest BCUT2D eigenvalue weighted by Gasteiger charge is 2.14. The number of fused-ring (bicyclic) bond motifs is 1. The van der Waals surface area contributed by atoms with E-state index in [-0.39, 0.29) is 18.2 Å². The number of nitrogens with one attached hydrogen (secondary N) is 1. The molecular formula is C21H18N4O3. The summed E-state index contributed by atoms with van der Waals surface area (Å²) in [4.78, 5) is 16.6. The summed E-state index contributed by atoms with van der Waals surface area (Å²) in [6, 6.07) is 15.0. The maximum Gasteiger partial charge on any atom is 0.247 e. The molecule has 0 spiro atoms. The van der Waals surface area contributed by atoms with Crippen LogP contribution >= 0.6 is 0 Å². The van der Waals surface area contributed by atoms with Crippen molar-refractivity contribution in [2.75, 3.05) is 12.4 Å². The minimum atomic E-state index is -0.230. The van der Waals surface area contributed by atoms with Crippen molar-refractivity contribution in [3.8, 4) is 17.2 Å². The molecule has 2 aromatic carbocycles. The Morgan fingerprint density at radius 1 is 1.14 bits per heavy atom. The third kappa shape index (κ3) is 3.68. The average Bonchev–Trinajstić information content (AvgIpc) is 3.17. The Kier molecular flexibility index (Phi) is 4.72. The van der Waals surface area contributed by atoms with Gasteiger partial charge in [0.1, 0.15) is 12.2 Å². The molecule has 0 aliphatic carbocycles. The van der Waals surface area contributed by atoms with Crippen LogP contribution in [0.15, 0.2) is 59.1 Å². The smallest absolute Gasteiger partial charge is 0.247 e. The molecule has 2 heterocycles. The van der Waals surface area contributed by atoms with Crippen LogP contribution in [0.25, 0.3) is 22.4 Å². The predicted octanol–water partition coefficient (Wildman–Crippen LogP) is 3.78. The first-order valence-corrected chi connectivity index (χ1v) is 8.74. The zero-order valence-electron chi connectivity index (χ0n) is 15.5. The van der Waals surface area contributed by atoms with Crippen LogP contribution < -0.4 is 10.1 Å². The fraction of sp³-hybridized carbons (Fsp3) is 0.143. The lowest BCUT2D eigenvalue weighted by molar-refractivity contribution is -0.115. The summed E-state index contributed by atoms with van der Waals surface area (Å²) in [6.07, 6.45) is 1.74. The van der Waals surface area contributed by atoms with Gasteiger partial charge < -0.3 is 14.5 Å². The molecule has 1 amide bonds. The quantitative estimate of drug-likeness (QED) is 0.572. The molecule has 1 N–H and O–H groups in total. The van der Waals surface area contributed by atoms with E-state index in [4.69, 9.17) is 9.15 Å². The number of nitrogens with zero attached hydrogens (tertiary/aromatic N) is 3.